The van der Waals surface area contributed by atoms with E-state index in [1.165, 1.54) is 123 Å². The van der Waals surface area contributed by atoms with Gasteiger partial charge in [0.1, 0.15) is 143 Å². The summed E-state index contributed by atoms with van der Waals surface area (Å²) in [5.41, 5.74) is 35.8. The van der Waals surface area contributed by atoms with E-state index in [9.17, 15) is 8.78 Å². The molecular formula is C63H66Cl3F2N25O6S. The van der Waals surface area contributed by atoms with E-state index in [4.69, 9.17) is 68.2 Å². The van der Waals surface area contributed by atoms with Crippen LogP contribution in [0.4, 0.5) is 95.4 Å². The van der Waals surface area contributed by atoms with Crippen LogP contribution in [0.1, 0.15) is 33.4 Å². The van der Waals surface area contributed by atoms with Crippen molar-refractivity contribution in [2.45, 2.75) is 11.8 Å². The second-order valence-corrected chi connectivity index (χ2v) is 21.1. The van der Waals surface area contributed by atoms with Crippen molar-refractivity contribution in [3.8, 4) is 5.75 Å². The van der Waals surface area contributed by atoms with Gasteiger partial charge in [0.2, 0.25) is 0 Å². The Hall–Kier alpha value is -12.3. The van der Waals surface area contributed by atoms with Crippen LogP contribution in [-0.2, 0) is 24.2 Å². The monoisotopic (exact) mass is 1440 g/mol. The maximum Gasteiger partial charge on any atom is 0.145 e. The lowest BCUT2D eigenvalue weighted by atomic mass is 10.2. The highest BCUT2D eigenvalue weighted by Gasteiger charge is 2.15. The minimum Gasteiger partial charge on any atom is -0.495 e. The van der Waals surface area contributed by atoms with Crippen molar-refractivity contribution >= 4 is 164 Å². The van der Waals surface area contributed by atoms with E-state index in [0.29, 0.717) is 106 Å². The van der Waals surface area contributed by atoms with Gasteiger partial charge in [-0.2, -0.15) is 0 Å². The van der Waals surface area contributed by atoms with Crippen molar-refractivity contribution in [3.63, 3.8) is 0 Å². The Balaban J connectivity index is 0.000000197. The molecule has 0 aliphatic carbocycles. The number of ether oxygens (including phenoxy) is 1. The largest absolute Gasteiger partial charge is 0.495 e. The number of hydrogen-bond acceptors (Lipinski definition) is 32. The average molecular weight is 1450 g/mol. The van der Waals surface area contributed by atoms with Crippen LogP contribution in [-0.4, -0.2) is 130 Å². The molecule has 0 amide bonds. The second-order valence-electron chi connectivity index (χ2n) is 19.0. The molecule has 5 aromatic carbocycles. The zero-order chi connectivity index (χ0) is 72.3. The number of para-hydroxylation sites is 1. The molecule has 0 saturated heterocycles. The van der Waals surface area contributed by atoms with Gasteiger partial charge in [-0.15, -0.1) is 11.8 Å². The normalized spacial score (nSPS) is 10.7. The third-order valence-corrected chi connectivity index (χ3v) is 13.9. The van der Waals surface area contributed by atoms with Crippen LogP contribution in [0.3, 0.4) is 0 Å². The van der Waals surface area contributed by atoms with E-state index in [2.05, 4.69) is 126 Å². The number of nitrogens with two attached hydrogens (primary N) is 5. The highest BCUT2D eigenvalue weighted by atomic mass is 35.5. The summed E-state index contributed by atoms with van der Waals surface area (Å²) in [6, 6.07) is 28.6. The summed E-state index contributed by atoms with van der Waals surface area (Å²) in [5.74, 6) is 3.66. The quantitative estimate of drug-likeness (QED) is 0.0171. The third kappa shape index (κ3) is 23.8. The Morgan fingerprint density at radius 1 is 0.390 bits per heavy atom. The van der Waals surface area contributed by atoms with Gasteiger partial charge in [0.25, 0.3) is 0 Å². The fourth-order valence-corrected chi connectivity index (χ4v) is 9.06. The smallest absolute Gasteiger partial charge is 0.145 e. The van der Waals surface area contributed by atoms with Gasteiger partial charge in [-0.25, -0.2) is 58.6 Å². The highest BCUT2D eigenvalue weighted by Crippen LogP contribution is 2.33. The highest BCUT2D eigenvalue weighted by molar-refractivity contribution is 7.98. The molecule has 0 spiro atoms. The summed E-state index contributed by atoms with van der Waals surface area (Å²) < 4.78 is 31.7. The first-order valence-electron chi connectivity index (χ1n) is 28.5. The SMILES string of the molecule is CO/N=C/c1c(N)ncnc1Nc1cc(Cl)cc(Cl)c1.CO/N=C/c1c(N)ncnc1Nc1cc(Cl)ccc1OC.CO/N=C/c1c(N)ncnc1Nc1cc(F)ccc1C.CO/N=C/c1c(N)ncnc1Nc1cccc(F)c1.CO/N=C/c1c(N)ncnc1Nc1ccccc1SC. The first kappa shape index (κ1) is 76.7. The van der Waals surface area contributed by atoms with Crippen LogP contribution >= 0.6 is 46.6 Å². The molecule has 520 valence electrons. The summed E-state index contributed by atoms with van der Waals surface area (Å²) in [5, 5.41) is 35.3. The predicted octanol–water partition coefficient (Wildman–Crippen LogP) is 12.2. The molecule has 0 saturated carbocycles. The lowest BCUT2D eigenvalue weighted by molar-refractivity contribution is 0.215. The Morgan fingerprint density at radius 2 is 0.780 bits per heavy atom. The predicted molar refractivity (Wildman–Crippen MR) is 392 cm³/mol. The van der Waals surface area contributed by atoms with E-state index in [1.54, 1.807) is 73.5 Å². The fraction of sp³-hybridized carbons (Fsp3) is 0.127. The minimum absolute atomic E-state index is 0.245. The summed E-state index contributed by atoms with van der Waals surface area (Å²) in [4.78, 5) is 64.4. The Morgan fingerprint density at radius 3 is 1.19 bits per heavy atom. The van der Waals surface area contributed by atoms with Crippen LogP contribution in [0, 0.1) is 18.6 Å². The lowest BCUT2D eigenvalue weighted by Gasteiger charge is -2.13. The number of nitrogen functional groups attached to an aromatic ring is 5. The summed E-state index contributed by atoms with van der Waals surface area (Å²) in [6.45, 7) is 1.86. The van der Waals surface area contributed by atoms with Gasteiger partial charge in [-0.3, -0.25) is 0 Å². The molecule has 31 nitrogen and oxygen atoms in total. The summed E-state index contributed by atoms with van der Waals surface area (Å²) in [6.07, 6.45) is 15.8. The molecule has 0 radical (unpaired) electrons. The Kier molecular flexibility index (Phi) is 30.9. The van der Waals surface area contributed by atoms with Gasteiger partial charge in [-0.1, -0.05) is 84.8 Å². The number of halogens is 5. The van der Waals surface area contributed by atoms with Crippen molar-refractivity contribution < 1.29 is 37.7 Å². The molecule has 15 N–H and O–H groups in total. The van der Waals surface area contributed by atoms with Gasteiger partial charge in [0.05, 0.1) is 77.4 Å². The van der Waals surface area contributed by atoms with E-state index in [0.717, 1.165) is 16.1 Å². The first-order chi connectivity index (χ1) is 48.3. The van der Waals surface area contributed by atoms with Gasteiger partial charge >= 0.3 is 0 Å². The van der Waals surface area contributed by atoms with E-state index in [1.807, 2.05) is 37.4 Å². The molecule has 0 fully saturated rings. The Labute approximate surface area is 591 Å². The standard InChI is InChI=1S/C13H14ClN5O2.C13H14FN5O.C13H15N5OS.C12H11Cl2N5O.C12H12FN5O/c1-20-11-4-3-8(14)5-10(11)19-13-9(6-18-21-2)12(15)16-7-17-13;1-8-3-4-9(14)5-11(8)19-13-10(6-18-20-2)12(15)16-7-17-13;1-19-17-7-9-12(14)15-8-16-13(9)18-10-5-3-4-6-11(10)20-2;1-20-18-5-10-11(15)16-6-17-12(10)19-9-3-7(13)2-8(14)4-9;1-19-17-6-10-11(14)15-7-16-12(10)18-9-4-2-3-8(13)5-9/h3-7H,1-2H3,(H3,15,16,17,19);3-7H,1-2H3,(H3,15,16,17,19);3-8H,1-2H3,(H3,14,15,16,18);2-6H,1H3,(H3,15,16,17,19);2-7H,1H3,(H3,14,15,16,18)/b2*18-6+;17-7+;18-5+;17-6+. The maximum atomic E-state index is 13.3. The van der Waals surface area contributed by atoms with Gasteiger partial charge in [0.15, 0.2) is 0 Å². The van der Waals surface area contributed by atoms with Gasteiger partial charge in [0, 0.05) is 37.0 Å². The summed E-state index contributed by atoms with van der Waals surface area (Å²) >= 11 is 19.5. The van der Waals surface area contributed by atoms with Crippen LogP contribution in [0.15, 0.2) is 165 Å². The fourth-order valence-electron chi connectivity index (χ4n) is 7.81. The van der Waals surface area contributed by atoms with Gasteiger partial charge < -0.3 is 84.2 Å². The van der Waals surface area contributed by atoms with Crippen LogP contribution in [0.2, 0.25) is 15.1 Å². The number of rotatable bonds is 22. The van der Waals surface area contributed by atoms with Gasteiger partial charge in [-0.05, 0) is 97.6 Å². The van der Waals surface area contributed by atoms with Crippen molar-refractivity contribution in [1.82, 2.24) is 49.8 Å². The molecule has 0 bridgehead atoms. The zero-order valence-corrected chi connectivity index (χ0v) is 57.5. The molecule has 10 aromatic rings. The number of aromatic nitrogens is 10. The van der Waals surface area contributed by atoms with Crippen molar-refractivity contribution in [3.05, 3.63) is 195 Å². The molecular weight excluding hydrogens is 1380 g/mol. The average Bonchev–Trinajstić information content (AvgIpc) is 0.854. The number of benzene rings is 5. The number of thioether (sulfide) groups is 1. The number of methoxy groups -OCH3 is 1. The number of anilines is 15. The number of oxime groups is 5. The molecule has 10 rings (SSSR count). The first-order valence-corrected chi connectivity index (χ1v) is 30.8. The Bertz CT molecular complexity index is 4460. The number of aryl methyl sites for hydroxylation is 1. The van der Waals surface area contributed by atoms with Crippen LogP contribution in [0.25, 0.3) is 0 Å². The van der Waals surface area contributed by atoms with E-state index < -0.39 is 0 Å². The zero-order valence-electron chi connectivity index (χ0n) is 54.4. The molecule has 100 heavy (non-hydrogen) atoms. The maximum absolute atomic E-state index is 13.3. The van der Waals surface area contributed by atoms with Crippen LogP contribution < -0.4 is 60.0 Å². The molecule has 0 unspecified atom stereocenters. The number of nitrogens with one attached hydrogen (secondary N) is 5. The van der Waals surface area contributed by atoms with Crippen molar-refractivity contribution in [1.29, 1.82) is 0 Å². The third-order valence-electron chi connectivity index (χ3n) is 12.4. The second kappa shape index (κ2) is 40.3. The molecule has 5 heterocycles. The van der Waals surface area contributed by atoms with E-state index >= 15 is 0 Å². The molecule has 37 heteroatoms. The van der Waals surface area contributed by atoms with Crippen molar-refractivity contribution in [2.75, 3.05) is 104 Å². The van der Waals surface area contributed by atoms with Crippen LogP contribution in [0.5, 0.6) is 5.75 Å². The molecule has 5 aromatic heterocycles. The topological polar surface area (TPSA) is 436 Å². The van der Waals surface area contributed by atoms with E-state index in [-0.39, 0.29) is 34.9 Å². The lowest BCUT2D eigenvalue weighted by Crippen LogP contribution is -2.05. The number of hydrogen-bond donors (Lipinski definition) is 10. The minimum atomic E-state index is -0.348. The molecule has 0 aliphatic heterocycles. The summed E-state index contributed by atoms with van der Waals surface area (Å²) in [7, 11) is 8.73. The van der Waals surface area contributed by atoms with Crippen molar-refractivity contribution in [2.24, 2.45) is 25.8 Å². The molecule has 0 aliphatic rings. The molecule has 0 atom stereocenters. The number of nitrogens with zero attached hydrogens (tertiary/aromatic N) is 15.